The molecule has 3 aromatic carbocycles. The third-order valence-electron chi connectivity index (χ3n) is 9.18. The third-order valence-corrected chi connectivity index (χ3v) is 9.18. The molecule has 5 rings (SSSR count). The average molecular weight is 729 g/mol. The molecule has 2 heterocycles. The van der Waals surface area contributed by atoms with Crippen molar-refractivity contribution in [2.75, 3.05) is 48.3 Å². The molecule has 0 aliphatic carbocycles. The summed E-state index contributed by atoms with van der Waals surface area (Å²) in [4.78, 5) is 12.5. The third kappa shape index (κ3) is 8.63. The minimum atomic E-state index is -1.69. The number of aliphatic hydroxyl groups is 3. The van der Waals surface area contributed by atoms with Crippen LogP contribution in [0.3, 0.4) is 0 Å². The Bertz CT molecular complexity index is 1690. The van der Waals surface area contributed by atoms with Gasteiger partial charge in [-0.2, -0.15) is 0 Å². The molecule has 2 saturated heterocycles. The number of hydrogen-bond acceptors (Lipinski definition) is 15. The van der Waals surface area contributed by atoms with E-state index in [4.69, 9.17) is 37.9 Å². The van der Waals surface area contributed by atoms with Gasteiger partial charge in [0.2, 0.25) is 5.75 Å². The van der Waals surface area contributed by atoms with Crippen molar-refractivity contribution in [3.05, 3.63) is 71.3 Å². The molecule has 15 nitrogen and oxygen atoms in total. The zero-order valence-corrected chi connectivity index (χ0v) is 29.1. The lowest BCUT2D eigenvalue weighted by atomic mass is 9.84. The standard InChI is InChI=1S/C37H44O15/c1-45-26-12-19(5-8-24(26)38)7-10-31(40)49-18-30-33(42)34(43)35(44)37(52-30)51-17-23-22(11-20-6-9-25(39)27(13-20)46-2)16-50-36(23)21-14-28(47-3)32(41)29(15-21)48-4/h5-10,12-15,22-23,30,33-39,41-44H,11,16-18H2,1-4H3/b10-7-/t22-,23-,30+,33+,34-,35+,36+,37+/m0/s1. The van der Waals surface area contributed by atoms with Crippen LogP contribution in [0.2, 0.25) is 0 Å². The highest BCUT2D eigenvalue weighted by atomic mass is 16.7. The number of aromatic hydroxyl groups is 3. The summed E-state index contributed by atoms with van der Waals surface area (Å²) >= 11 is 0. The summed E-state index contributed by atoms with van der Waals surface area (Å²) in [5.74, 6) is -0.744. The van der Waals surface area contributed by atoms with Crippen LogP contribution < -0.4 is 18.9 Å². The second kappa shape index (κ2) is 17.2. The number of esters is 1. The Labute approximate surface area is 300 Å². The highest BCUT2D eigenvalue weighted by molar-refractivity contribution is 5.87. The van der Waals surface area contributed by atoms with Gasteiger partial charge < -0.3 is 68.5 Å². The molecule has 0 amide bonds. The second-order valence-corrected chi connectivity index (χ2v) is 12.4. The number of phenolic OH excluding ortho intramolecular Hbond substituents is 3. The number of hydrogen-bond donors (Lipinski definition) is 6. The molecule has 0 bridgehead atoms. The van der Waals surface area contributed by atoms with Crippen LogP contribution in [0.15, 0.2) is 54.6 Å². The first-order valence-corrected chi connectivity index (χ1v) is 16.4. The van der Waals surface area contributed by atoms with E-state index >= 15 is 0 Å². The summed E-state index contributed by atoms with van der Waals surface area (Å²) < 4.78 is 44.6. The van der Waals surface area contributed by atoms with Crippen molar-refractivity contribution in [3.8, 4) is 40.2 Å². The molecule has 0 radical (unpaired) electrons. The van der Waals surface area contributed by atoms with Gasteiger partial charge in [0.05, 0.1) is 47.8 Å². The minimum absolute atomic E-state index is 0.00610. The Morgan fingerprint density at radius 1 is 0.788 bits per heavy atom. The monoisotopic (exact) mass is 728 g/mol. The summed E-state index contributed by atoms with van der Waals surface area (Å²) in [5.41, 5.74) is 2.02. The van der Waals surface area contributed by atoms with Gasteiger partial charge in [-0.25, -0.2) is 4.79 Å². The molecule has 15 heteroatoms. The second-order valence-electron chi connectivity index (χ2n) is 12.4. The molecular formula is C37H44O15. The molecule has 282 valence electrons. The molecule has 0 spiro atoms. The minimum Gasteiger partial charge on any atom is -0.504 e. The van der Waals surface area contributed by atoms with Crippen LogP contribution >= 0.6 is 0 Å². The molecule has 0 saturated carbocycles. The van der Waals surface area contributed by atoms with E-state index in [2.05, 4.69) is 0 Å². The molecule has 6 N–H and O–H groups in total. The van der Waals surface area contributed by atoms with E-state index in [9.17, 15) is 35.4 Å². The van der Waals surface area contributed by atoms with Crippen molar-refractivity contribution in [2.24, 2.45) is 11.8 Å². The van der Waals surface area contributed by atoms with E-state index in [0.717, 1.165) is 11.6 Å². The lowest BCUT2D eigenvalue weighted by Gasteiger charge is -2.40. The lowest BCUT2D eigenvalue weighted by Crippen LogP contribution is -2.59. The molecule has 0 aromatic heterocycles. The summed E-state index contributed by atoms with van der Waals surface area (Å²) in [6, 6.07) is 12.8. The number of carbonyl (C=O) groups is 1. The predicted molar refractivity (Wildman–Crippen MR) is 183 cm³/mol. The van der Waals surface area contributed by atoms with Gasteiger partial charge in [-0.3, -0.25) is 0 Å². The average Bonchev–Trinajstić information content (AvgIpc) is 3.55. The van der Waals surface area contributed by atoms with Crippen LogP contribution in [0, 0.1) is 11.8 Å². The predicted octanol–water partition coefficient (Wildman–Crippen LogP) is 2.47. The van der Waals surface area contributed by atoms with E-state index in [-0.39, 0.29) is 53.6 Å². The maximum atomic E-state index is 12.5. The van der Waals surface area contributed by atoms with E-state index < -0.39 is 55.3 Å². The van der Waals surface area contributed by atoms with Gasteiger partial charge in [-0.05, 0) is 71.5 Å². The number of rotatable bonds is 14. The van der Waals surface area contributed by atoms with Crippen molar-refractivity contribution in [2.45, 2.75) is 43.2 Å². The molecule has 8 atom stereocenters. The number of methoxy groups -OCH3 is 4. The van der Waals surface area contributed by atoms with Crippen molar-refractivity contribution < 1.29 is 73.3 Å². The molecule has 3 aromatic rings. The van der Waals surface area contributed by atoms with Gasteiger partial charge >= 0.3 is 5.97 Å². The fourth-order valence-corrected chi connectivity index (χ4v) is 6.30. The molecule has 2 aliphatic rings. The summed E-state index contributed by atoms with van der Waals surface area (Å²) in [6.07, 6.45) is -5.19. The molecule has 0 unspecified atom stereocenters. The fraction of sp³-hybridized carbons (Fsp3) is 0.432. The van der Waals surface area contributed by atoms with Crippen LogP contribution in [0.25, 0.3) is 6.08 Å². The Kier molecular flexibility index (Phi) is 12.7. The number of ether oxygens (including phenoxy) is 8. The van der Waals surface area contributed by atoms with Gasteiger partial charge in [-0.1, -0.05) is 12.1 Å². The quantitative estimate of drug-likeness (QED) is 0.104. The van der Waals surface area contributed by atoms with Gasteiger partial charge in [0.15, 0.2) is 40.8 Å². The van der Waals surface area contributed by atoms with Crippen molar-refractivity contribution in [1.82, 2.24) is 0 Å². The zero-order chi connectivity index (χ0) is 37.5. The highest BCUT2D eigenvalue weighted by Crippen LogP contribution is 2.46. The zero-order valence-electron chi connectivity index (χ0n) is 29.1. The first kappa shape index (κ1) is 38.5. The Balaban J connectivity index is 1.31. The maximum Gasteiger partial charge on any atom is 0.330 e. The first-order chi connectivity index (χ1) is 25.0. The molecule has 2 fully saturated rings. The molecular weight excluding hydrogens is 684 g/mol. The topological polar surface area (TPSA) is 212 Å². The highest BCUT2D eigenvalue weighted by Gasteiger charge is 2.46. The number of carbonyl (C=O) groups excluding carboxylic acids is 1. The van der Waals surface area contributed by atoms with Gasteiger partial charge in [0, 0.05) is 12.0 Å². The summed E-state index contributed by atoms with van der Waals surface area (Å²) in [7, 11) is 5.67. The van der Waals surface area contributed by atoms with E-state index in [0.29, 0.717) is 23.3 Å². The van der Waals surface area contributed by atoms with Gasteiger partial charge in [-0.15, -0.1) is 0 Å². The summed E-state index contributed by atoms with van der Waals surface area (Å²) in [6.45, 7) is -0.252. The first-order valence-electron chi connectivity index (χ1n) is 16.4. The van der Waals surface area contributed by atoms with Crippen LogP contribution in [-0.2, 0) is 30.2 Å². The normalized spacial score (nSPS) is 25.9. The largest absolute Gasteiger partial charge is 0.504 e. The SMILES string of the molecule is COc1cc(/C=C\C(=O)OC[C@H]2O[C@@H](OC[C@H]3[C@@H](Cc4ccc(O)c(OC)c4)CO[C@@H]3c3cc(OC)c(O)c(OC)c3)[C@H](O)[C@@H](O)[C@@H]2O)ccc1O. The fourth-order valence-electron chi connectivity index (χ4n) is 6.30. The van der Waals surface area contributed by atoms with Crippen molar-refractivity contribution in [3.63, 3.8) is 0 Å². The number of benzene rings is 3. The smallest absolute Gasteiger partial charge is 0.330 e. The maximum absolute atomic E-state index is 12.5. The van der Waals surface area contributed by atoms with E-state index in [1.165, 1.54) is 52.7 Å². The van der Waals surface area contributed by atoms with Crippen LogP contribution in [0.4, 0.5) is 0 Å². The van der Waals surface area contributed by atoms with Crippen LogP contribution in [-0.4, -0.2) is 116 Å². The van der Waals surface area contributed by atoms with E-state index in [1.807, 2.05) is 0 Å². The molecule has 2 aliphatic heterocycles. The van der Waals surface area contributed by atoms with Crippen molar-refractivity contribution >= 4 is 12.0 Å². The Hall–Kier alpha value is -4.77. The lowest BCUT2D eigenvalue weighted by molar-refractivity contribution is -0.304. The number of aliphatic hydroxyl groups excluding tert-OH is 3. The Morgan fingerprint density at radius 3 is 2.08 bits per heavy atom. The Morgan fingerprint density at radius 2 is 1.42 bits per heavy atom. The molecule has 52 heavy (non-hydrogen) atoms. The van der Waals surface area contributed by atoms with E-state index in [1.54, 1.807) is 30.3 Å². The van der Waals surface area contributed by atoms with Crippen LogP contribution in [0.1, 0.15) is 22.8 Å². The summed E-state index contributed by atoms with van der Waals surface area (Å²) in [5, 5.41) is 62.6. The van der Waals surface area contributed by atoms with Gasteiger partial charge in [0.1, 0.15) is 31.0 Å². The van der Waals surface area contributed by atoms with Crippen LogP contribution in [0.5, 0.6) is 40.2 Å². The number of phenols is 3. The van der Waals surface area contributed by atoms with Gasteiger partial charge in [0.25, 0.3) is 0 Å². The van der Waals surface area contributed by atoms with Crippen molar-refractivity contribution in [1.29, 1.82) is 0 Å².